The highest BCUT2D eigenvalue weighted by molar-refractivity contribution is 7.89. The van der Waals surface area contributed by atoms with Crippen LogP contribution in [0.4, 0.5) is 11.4 Å². The van der Waals surface area contributed by atoms with Crippen LogP contribution in [0, 0.1) is 0 Å². The van der Waals surface area contributed by atoms with Crippen LogP contribution >= 0.6 is 0 Å². The third-order valence-corrected chi connectivity index (χ3v) is 9.05. The first-order chi connectivity index (χ1) is 21.3. The minimum absolute atomic E-state index is 0.202. The summed E-state index contributed by atoms with van der Waals surface area (Å²) < 4.78 is 37.0. The van der Waals surface area contributed by atoms with Gasteiger partial charge in [0.05, 0.1) is 22.5 Å². The van der Waals surface area contributed by atoms with Gasteiger partial charge in [-0.3, -0.25) is 4.57 Å². The quantitative estimate of drug-likeness (QED) is 0.170. The van der Waals surface area contributed by atoms with Gasteiger partial charge in [-0.05, 0) is 72.6 Å². The predicted molar refractivity (Wildman–Crippen MR) is 178 cm³/mol. The van der Waals surface area contributed by atoms with Gasteiger partial charge in [-0.15, -0.1) is 0 Å². The highest BCUT2D eigenvalue weighted by Crippen LogP contribution is 2.30. The Hall–Kier alpha value is -4.86. The monoisotopic (exact) mass is 605 g/mol. The van der Waals surface area contributed by atoms with Crippen LogP contribution in [0.2, 0.25) is 0 Å². The van der Waals surface area contributed by atoms with E-state index in [4.69, 9.17) is 4.74 Å². The lowest BCUT2D eigenvalue weighted by Gasteiger charge is -2.17. The van der Waals surface area contributed by atoms with Crippen LogP contribution in [-0.2, 0) is 23.1 Å². The summed E-state index contributed by atoms with van der Waals surface area (Å²) in [6.07, 6.45) is 1.83. The van der Waals surface area contributed by atoms with E-state index in [2.05, 4.69) is 25.7 Å². The van der Waals surface area contributed by atoms with Crippen molar-refractivity contribution < 1.29 is 13.2 Å². The van der Waals surface area contributed by atoms with Crippen LogP contribution in [0.15, 0.2) is 114 Å². The molecule has 0 unspecified atom stereocenters. The molecule has 0 saturated heterocycles. The fourth-order valence-corrected chi connectivity index (χ4v) is 6.56. The number of sulfonamides is 1. The Morgan fingerprint density at radius 1 is 0.818 bits per heavy atom. The number of fused-ring (bicyclic) bond motifs is 2. The minimum atomic E-state index is -3.72. The van der Waals surface area contributed by atoms with Crippen LogP contribution in [0.1, 0.15) is 18.1 Å². The first-order valence-corrected chi connectivity index (χ1v) is 16.0. The van der Waals surface area contributed by atoms with Crippen molar-refractivity contribution in [3.8, 4) is 11.4 Å². The first kappa shape index (κ1) is 29.2. The summed E-state index contributed by atoms with van der Waals surface area (Å²) in [5.41, 5.74) is 6.86. The van der Waals surface area contributed by atoms with Gasteiger partial charge in [-0.25, -0.2) is 18.1 Å². The second-order valence-electron chi connectivity index (χ2n) is 10.8. The highest BCUT2D eigenvalue weighted by Gasteiger charge is 2.18. The Bertz CT molecular complexity index is 2020. The molecule has 2 N–H and O–H groups in total. The van der Waals surface area contributed by atoms with Crippen molar-refractivity contribution in [3.63, 3.8) is 0 Å². The van der Waals surface area contributed by atoms with Crippen LogP contribution in [0.25, 0.3) is 27.5 Å². The molecule has 6 aromatic rings. The molecule has 0 spiro atoms. The van der Waals surface area contributed by atoms with Crippen LogP contribution in [0.3, 0.4) is 0 Å². The van der Waals surface area contributed by atoms with Crippen molar-refractivity contribution in [1.29, 1.82) is 0 Å². The second-order valence-corrected chi connectivity index (χ2v) is 12.5. The molecular formula is C35H35N5O3S. The molecule has 0 atom stereocenters. The number of rotatable bonds is 11. The number of imidazole rings is 1. The molecule has 0 radical (unpaired) electrons. The molecule has 9 heteroatoms. The number of hydrogen-bond acceptors (Lipinski definition) is 6. The van der Waals surface area contributed by atoms with Gasteiger partial charge in [0.25, 0.3) is 0 Å². The Morgan fingerprint density at radius 2 is 1.52 bits per heavy atom. The van der Waals surface area contributed by atoms with Gasteiger partial charge >= 0.3 is 0 Å². The number of hydrogen-bond donors (Lipinski definition) is 2. The summed E-state index contributed by atoms with van der Waals surface area (Å²) in [5, 5.41) is 5.07. The summed E-state index contributed by atoms with van der Waals surface area (Å²) >= 11 is 0. The normalized spacial score (nSPS) is 11.6. The van der Waals surface area contributed by atoms with Crippen molar-refractivity contribution in [3.05, 3.63) is 121 Å². The van der Waals surface area contributed by atoms with Crippen molar-refractivity contribution in [1.82, 2.24) is 14.3 Å². The number of nitrogens with zero attached hydrogens (tertiary/aromatic N) is 3. The summed E-state index contributed by atoms with van der Waals surface area (Å²) in [4.78, 5) is 6.87. The van der Waals surface area contributed by atoms with E-state index < -0.39 is 10.0 Å². The molecule has 1 aromatic heterocycles. The fourth-order valence-electron chi connectivity index (χ4n) is 5.32. The average Bonchev–Trinajstić information content (AvgIpc) is 3.46. The third-order valence-electron chi connectivity index (χ3n) is 7.59. The van der Waals surface area contributed by atoms with Gasteiger partial charge in [0.2, 0.25) is 10.0 Å². The van der Waals surface area contributed by atoms with Crippen molar-refractivity contribution in [2.75, 3.05) is 30.9 Å². The van der Waals surface area contributed by atoms with Gasteiger partial charge in [0.15, 0.2) is 0 Å². The van der Waals surface area contributed by atoms with Crippen LogP contribution in [-0.4, -0.2) is 38.7 Å². The molecule has 224 valence electrons. The molecule has 0 fully saturated rings. The first-order valence-electron chi connectivity index (χ1n) is 14.5. The van der Waals surface area contributed by atoms with Gasteiger partial charge < -0.3 is 15.0 Å². The zero-order valence-corrected chi connectivity index (χ0v) is 25.8. The van der Waals surface area contributed by atoms with Crippen molar-refractivity contribution >= 4 is 43.2 Å². The summed E-state index contributed by atoms with van der Waals surface area (Å²) in [5.74, 6) is 0.848. The maximum absolute atomic E-state index is 13.3. The van der Waals surface area contributed by atoms with Crippen LogP contribution < -0.4 is 19.7 Å². The molecule has 8 nitrogen and oxygen atoms in total. The largest absolute Gasteiger partial charge is 0.494 e. The topological polar surface area (TPSA) is 88.5 Å². The number of anilines is 2. The van der Waals surface area contributed by atoms with Gasteiger partial charge in [-0.1, -0.05) is 48.5 Å². The zero-order chi connectivity index (χ0) is 30.7. The van der Waals surface area contributed by atoms with Gasteiger partial charge in [0.1, 0.15) is 12.1 Å². The molecule has 0 aliphatic heterocycles. The predicted octanol–water partition coefficient (Wildman–Crippen LogP) is 6.73. The number of nitrogens with one attached hydrogen (secondary N) is 2. The van der Waals surface area contributed by atoms with Crippen molar-refractivity contribution in [2.24, 2.45) is 0 Å². The maximum Gasteiger partial charge on any atom is 0.241 e. The summed E-state index contributed by atoms with van der Waals surface area (Å²) in [6, 6.07) is 33.2. The average molecular weight is 606 g/mol. The maximum atomic E-state index is 13.3. The number of ether oxygens (including phenoxy) is 1. The molecule has 44 heavy (non-hydrogen) atoms. The van der Waals surface area contributed by atoms with Crippen molar-refractivity contribution in [2.45, 2.75) is 24.9 Å². The lowest BCUT2D eigenvalue weighted by Crippen LogP contribution is -2.23. The second kappa shape index (κ2) is 12.4. The lowest BCUT2D eigenvalue weighted by atomic mass is 10.1. The van der Waals surface area contributed by atoms with Gasteiger partial charge in [0, 0.05) is 55.0 Å². The smallest absolute Gasteiger partial charge is 0.241 e. The standard InChI is InChI=1S/C35H35N5O3S/c1-4-43-29-18-16-28(17-19-29)40-24-37-32-21-27(15-20-34(32)40)36-22-25-11-13-26(14-12-25)23-38-44(41,42)35-10-6-7-30-31(35)8-5-9-33(30)39(2)3/h5-21,24,36,38H,4,22-23H2,1-3H3. The summed E-state index contributed by atoms with van der Waals surface area (Å²) in [7, 11) is 0.184. The van der Waals surface area contributed by atoms with E-state index in [0.717, 1.165) is 50.4 Å². The SMILES string of the molecule is CCOc1ccc(-n2cnc3cc(NCc4ccc(CNS(=O)(=O)c5cccc6c(N(C)C)cccc56)cc4)ccc32)cc1. The van der Waals surface area contributed by atoms with E-state index in [0.29, 0.717) is 18.5 Å². The van der Waals surface area contributed by atoms with E-state index in [9.17, 15) is 8.42 Å². The van der Waals surface area contributed by atoms with E-state index in [1.807, 2.05) is 117 Å². The molecule has 0 amide bonds. The molecular weight excluding hydrogens is 570 g/mol. The molecule has 0 bridgehead atoms. The molecule has 1 heterocycles. The Balaban J connectivity index is 1.09. The number of aromatic nitrogens is 2. The van der Waals surface area contributed by atoms with E-state index >= 15 is 0 Å². The molecule has 0 saturated carbocycles. The number of benzene rings is 5. The highest BCUT2D eigenvalue weighted by atomic mass is 32.2. The van der Waals surface area contributed by atoms with E-state index in [1.54, 1.807) is 12.1 Å². The van der Waals surface area contributed by atoms with Crippen LogP contribution in [0.5, 0.6) is 5.75 Å². The molecule has 0 aliphatic rings. The van der Waals surface area contributed by atoms with Gasteiger partial charge in [-0.2, -0.15) is 0 Å². The Kier molecular flexibility index (Phi) is 8.23. The minimum Gasteiger partial charge on any atom is -0.494 e. The molecule has 0 aliphatic carbocycles. The summed E-state index contributed by atoms with van der Waals surface area (Å²) in [6.45, 7) is 3.44. The molecule has 6 rings (SSSR count). The molecule has 5 aromatic carbocycles. The third kappa shape index (κ3) is 6.10. The fraction of sp³-hybridized carbons (Fsp3) is 0.171. The Morgan fingerprint density at radius 3 is 2.25 bits per heavy atom. The lowest BCUT2D eigenvalue weighted by molar-refractivity contribution is 0.340. The Labute approximate surface area is 258 Å². The zero-order valence-electron chi connectivity index (χ0n) is 25.0. The van der Waals surface area contributed by atoms with E-state index in [-0.39, 0.29) is 11.4 Å². The van der Waals surface area contributed by atoms with E-state index in [1.165, 1.54) is 0 Å².